The standard InChI is InChI=1S/C10H6Cl2N2/c11-9-3-1-2-8(14-9)7-4-5-13-10(12)6-7/h1-6H. The van der Waals surface area contributed by atoms with Crippen LogP contribution in [0.4, 0.5) is 0 Å². The Kier molecular flexibility index (Phi) is 2.66. The molecule has 0 aliphatic carbocycles. The van der Waals surface area contributed by atoms with E-state index in [9.17, 15) is 0 Å². The first-order chi connectivity index (χ1) is 6.75. The molecule has 0 aromatic carbocycles. The molecule has 2 nitrogen and oxygen atoms in total. The fourth-order valence-electron chi connectivity index (χ4n) is 1.13. The molecule has 0 amide bonds. The van der Waals surface area contributed by atoms with E-state index >= 15 is 0 Å². The van der Waals surface area contributed by atoms with Crippen molar-refractivity contribution in [2.45, 2.75) is 0 Å². The Morgan fingerprint density at radius 1 is 1.00 bits per heavy atom. The maximum Gasteiger partial charge on any atom is 0.129 e. The van der Waals surface area contributed by atoms with Crippen LogP contribution in [0.5, 0.6) is 0 Å². The van der Waals surface area contributed by atoms with Crippen molar-refractivity contribution in [3.8, 4) is 11.3 Å². The van der Waals surface area contributed by atoms with Gasteiger partial charge in [0.1, 0.15) is 10.3 Å². The molecule has 0 bridgehead atoms. The summed E-state index contributed by atoms with van der Waals surface area (Å²) in [5.41, 5.74) is 1.70. The van der Waals surface area contributed by atoms with Crippen molar-refractivity contribution in [1.29, 1.82) is 0 Å². The lowest BCUT2D eigenvalue weighted by atomic mass is 10.2. The zero-order valence-corrected chi connectivity index (χ0v) is 8.63. The van der Waals surface area contributed by atoms with Crippen molar-refractivity contribution in [3.63, 3.8) is 0 Å². The Morgan fingerprint density at radius 2 is 1.86 bits per heavy atom. The molecule has 0 unspecified atom stereocenters. The molecular weight excluding hydrogens is 219 g/mol. The minimum Gasteiger partial charge on any atom is -0.245 e. The van der Waals surface area contributed by atoms with Crippen LogP contribution in [-0.4, -0.2) is 9.97 Å². The van der Waals surface area contributed by atoms with Crippen LogP contribution in [0, 0.1) is 0 Å². The van der Waals surface area contributed by atoms with Gasteiger partial charge in [0.15, 0.2) is 0 Å². The molecule has 0 N–H and O–H groups in total. The molecule has 0 saturated carbocycles. The SMILES string of the molecule is Clc1cc(-c2cccc(Cl)n2)ccn1. The molecule has 0 spiro atoms. The van der Waals surface area contributed by atoms with Gasteiger partial charge in [-0.05, 0) is 24.3 Å². The van der Waals surface area contributed by atoms with E-state index in [4.69, 9.17) is 23.2 Å². The first-order valence-corrected chi connectivity index (χ1v) is 4.76. The highest BCUT2D eigenvalue weighted by atomic mass is 35.5. The third kappa shape index (κ3) is 2.03. The second-order valence-electron chi connectivity index (χ2n) is 2.71. The van der Waals surface area contributed by atoms with E-state index in [2.05, 4.69) is 9.97 Å². The van der Waals surface area contributed by atoms with Crippen molar-refractivity contribution < 1.29 is 0 Å². The zero-order valence-electron chi connectivity index (χ0n) is 7.11. The van der Waals surface area contributed by atoms with Gasteiger partial charge in [-0.25, -0.2) is 9.97 Å². The molecule has 0 fully saturated rings. The monoisotopic (exact) mass is 224 g/mol. The molecule has 0 saturated heterocycles. The van der Waals surface area contributed by atoms with Gasteiger partial charge < -0.3 is 0 Å². The lowest BCUT2D eigenvalue weighted by molar-refractivity contribution is 1.29. The van der Waals surface area contributed by atoms with Crippen molar-refractivity contribution in [1.82, 2.24) is 9.97 Å². The van der Waals surface area contributed by atoms with Gasteiger partial charge in [-0.3, -0.25) is 0 Å². The van der Waals surface area contributed by atoms with Gasteiger partial charge in [0.2, 0.25) is 0 Å². The van der Waals surface area contributed by atoms with E-state index < -0.39 is 0 Å². The van der Waals surface area contributed by atoms with Crippen LogP contribution >= 0.6 is 23.2 Å². The third-order valence-electron chi connectivity index (χ3n) is 1.74. The number of hydrogen-bond donors (Lipinski definition) is 0. The van der Waals surface area contributed by atoms with Crippen LogP contribution < -0.4 is 0 Å². The number of aromatic nitrogens is 2. The van der Waals surface area contributed by atoms with Crippen molar-refractivity contribution >= 4 is 23.2 Å². The van der Waals surface area contributed by atoms with Crippen LogP contribution in [0.15, 0.2) is 36.5 Å². The third-order valence-corrected chi connectivity index (χ3v) is 2.15. The summed E-state index contributed by atoms with van der Waals surface area (Å²) in [6.07, 6.45) is 1.64. The minimum absolute atomic E-state index is 0.448. The van der Waals surface area contributed by atoms with Gasteiger partial charge in [0.25, 0.3) is 0 Å². The Hall–Kier alpha value is -1.12. The van der Waals surface area contributed by atoms with Gasteiger partial charge in [-0.15, -0.1) is 0 Å². The van der Waals surface area contributed by atoms with Gasteiger partial charge >= 0.3 is 0 Å². The first kappa shape index (κ1) is 9.44. The average Bonchev–Trinajstić information content (AvgIpc) is 2.18. The Morgan fingerprint density at radius 3 is 2.57 bits per heavy atom. The summed E-state index contributed by atoms with van der Waals surface area (Å²) in [5.74, 6) is 0. The molecule has 2 heterocycles. The summed E-state index contributed by atoms with van der Waals surface area (Å²) >= 11 is 11.5. The molecule has 14 heavy (non-hydrogen) atoms. The molecule has 0 radical (unpaired) electrons. The zero-order chi connectivity index (χ0) is 9.97. The Labute approximate surface area is 91.5 Å². The maximum atomic E-state index is 5.77. The lowest BCUT2D eigenvalue weighted by Crippen LogP contribution is -1.84. The van der Waals surface area contributed by atoms with Gasteiger partial charge in [0, 0.05) is 11.8 Å². The highest BCUT2D eigenvalue weighted by Gasteiger charge is 2.00. The fourth-order valence-corrected chi connectivity index (χ4v) is 1.47. The van der Waals surface area contributed by atoms with E-state index in [0.29, 0.717) is 10.3 Å². The summed E-state index contributed by atoms with van der Waals surface area (Å²) in [7, 11) is 0. The largest absolute Gasteiger partial charge is 0.245 e. The molecule has 0 aliphatic rings. The summed E-state index contributed by atoms with van der Waals surface area (Å²) in [6, 6.07) is 9.04. The molecule has 2 aromatic heterocycles. The summed E-state index contributed by atoms with van der Waals surface area (Å²) in [5, 5.41) is 0.916. The summed E-state index contributed by atoms with van der Waals surface area (Å²) < 4.78 is 0. The van der Waals surface area contributed by atoms with Crippen LogP contribution in [-0.2, 0) is 0 Å². The van der Waals surface area contributed by atoms with Crippen LogP contribution in [0.1, 0.15) is 0 Å². The predicted octanol–water partition coefficient (Wildman–Crippen LogP) is 3.45. The Bertz CT molecular complexity index is 414. The summed E-state index contributed by atoms with van der Waals surface area (Å²) in [6.45, 7) is 0. The number of hydrogen-bond acceptors (Lipinski definition) is 2. The second kappa shape index (κ2) is 3.95. The van der Waals surface area contributed by atoms with E-state index in [-0.39, 0.29) is 0 Å². The quantitative estimate of drug-likeness (QED) is 0.694. The highest BCUT2D eigenvalue weighted by Crippen LogP contribution is 2.20. The van der Waals surface area contributed by atoms with E-state index in [1.165, 1.54) is 0 Å². The van der Waals surface area contributed by atoms with E-state index in [0.717, 1.165) is 11.3 Å². The van der Waals surface area contributed by atoms with Crippen molar-refractivity contribution in [2.24, 2.45) is 0 Å². The number of pyridine rings is 2. The first-order valence-electron chi connectivity index (χ1n) is 4.00. The molecule has 2 rings (SSSR count). The predicted molar refractivity (Wildman–Crippen MR) is 57.5 cm³/mol. The van der Waals surface area contributed by atoms with Crippen LogP contribution in [0.25, 0.3) is 11.3 Å². The van der Waals surface area contributed by atoms with E-state index in [1.54, 1.807) is 18.3 Å². The van der Waals surface area contributed by atoms with E-state index in [1.807, 2.05) is 18.2 Å². The van der Waals surface area contributed by atoms with Gasteiger partial charge in [0.05, 0.1) is 5.69 Å². The van der Waals surface area contributed by atoms with Crippen LogP contribution in [0.2, 0.25) is 10.3 Å². The topological polar surface area (TPSA) is 25.8 Å². The average molecular weight is 225 g/mol. The van der Waals surface area contributed by atoms with Crippen molar-refractivity contribution in [3.05, 3.63) is 46.8 Å². The molecule has 0 aliphatic heterocycles. The van der Waals surface area contributed by atoms with Gasteiger partial charge in [-0.2, -0.15) is 0 Å². The fraction of sp³-hybridized carbons (Fsp3) is 0. The molecular formula is C10H6Cl2N2. The summed E-state index contributed by atoms with van der Waals surface area (Å²) in [4.78, 5) is 8.06. The molecule has 0 atom stereocenters. The second-order valence-corrected chi connectivity index (χ2v) is 3.49. The number of halogens is 2. The van der Waals surface area contributed by atoms with Crippen molar-refractivity contribution in [2.75, 3.05) is 0 Å². The Balaban J connectivity index is 2.49. The number of rotatable bonds is 1. The smallest absolute Gasteiger partial charge is 0.129 e. The molecule has 2 aromatic rings. The normalized spacial score (nSPS) is 10.1. The highest BCUT2D eigenvalue weighted by molar-refractivity contribution is 6.30. The van der Waals surface area contributed by atoms with Gasteiger partial charge in [-0.1, -0.05) is 29.3 Å². The minimum atomic E-state index is 0.448. The molecule has 70 valence electrons. The van der Waals surface area contributed by atoms with Crippen LogP contribution in [0.3, 0.4) is 0 Å². The molecule has 4 heteroatoms. The lowest BCUT2D eigenvalue weighted by Gasteiger charge is -2.00. The maximum absolute atomic E-state index is 5.77. The number of nitrogens with zero attached hydrogens (tertiary/aromatic N) is 2.